The van der Waals surface area contributed by atoms with Crippen LogP contribution in [-0.4, -0.2) is 71.2 Å². The number of hydrogen-bond acceptors (Lipinski definition) is 5. The first kappa shape index (κ1) is 19.1. The van der Waals surface area contributed by atoms with Crippen molar-refractivity contribution < 1.29 is 8.42 Å². The van der Waals surface area contributed by atoms with Crippen molar-refractivity contribution in [1.82, 2.24) is 25.0 Å². The van der Waals surface area contributed by atoms with Gasteiger partial charge in [0.25, 0.3) is 0 Å². The third-order valence-electron chi connectivity index (χ3n) is 5.37. The molecule has 0 aromatic carbocycles. The molecule has 2 aliphatic rings. The van der Waals surface area contributed by atoms with Crippen molar-refractivity contribution >= 4 is 15.8 Å². The zero-order chi connectivity index (χ0) is 18.8. The van der Waals surface area contributed by atoms with Gasteiger partial charge in [0, 0.05) is 46.1 Å². The summed E-state index contributed by atoms with van der Waals surface area (Å²) in [6.45, 7) is 6.21. The van der Waals surface area contributed by atoms with Crippen molar-refractivity contribution in [3.05, 3.63) is 11.6 Å². The minimum absolute atomic E-state index is 0.165. The molecule has 0 spiro atoms. The molecule has 0 amide bonds. The molecule has 26 heavy (non-hydrogen) atoms. The third-order valence-corrected chi connectivity index (χ3v) is 7.91. The molecule has 8 nitrogen and oxygen atoms in total. The molecule has 0 atom stereocenters. The fourth-order valence-corrected chi connectivity index (χ4v) is 5.04. The van der Waals surface area contributed by atoms with Gasteiger partial charge in [-0.3, -0.25) is 4.99 Å². The summed E-state index contributed by atoms with van der Waals surface area (Å²) in [4.78, 5) is 6.37. The Labute approximate surface area is 156 Å². The van der Waals surface area contributed by atoms with Crippen LogP contribution in [0.25, 0.3) is 0 Å². The predicted octanol–water partition coefficient (Wildman–Crippen LogP) is 0.631. The van der Waals surface area contributed by atoms with E-state index < -0.39 is 14.6 Å². The molecule has 1 aromatic rings. The minimum Gasteiger partial charge on any atom is -0.356 e. The minimum atomic E-state index is -3.05. The van der Waals surface area contributed by atoms with Gasteiger partial charge in [0.1, 0.15) is 11.6 Å². The van der Waals surface area contributed by atoms with E-state index in [9.17, 15) is 8.42 Å². The molecule has 1 fully saturated rings. The zero-order valence-corrected chi connectivity index (χ0v) is 16.8. The Hall–Kier alpha value is -1.64. The first-order valence-corrected chi connectivity index (χ1v) is 11.1. The summed E-state index contributed by atoms with van der Waals surface area (Å²) in [5, 5.41) is 12.1. The number of fused-ring (bicyclic) bond motifs is 1. The van der Waals surface area contributed by atoms with E-state index in [0.29, 0.717) is 19.6 Å². The second-order valence-corrected chi connectivity index (χ2v) is 10.5. The SMILES string of the molecule is CN=C(NCCc1nnc2n1CCCCC2)N1CCS(=O)(=O)C(C)(C)C1. The van der Waals surface area contributed by atoms with Crippen LogP contribution in [0, 0.1) is 0 Å². The van der Waals surface area contributed by atoms with E-state index in [-0.39, 0.29) is 5.75 Å². The van der Waals surface area contributed by atoms with Gasteiger partial charge in [-0.1, -0.05) is 6.42 Å². The van der Waals surface area contributed by atoms with Gasteiger partial charge >= 0.3 is 0 Å². The van der Waals surface area contributed by atoms with Crippen molar-refractivity contribution in [3.63, 3.8) is 0 Å². The molecule has 1 aromatic heterocycles. The molecule has 9 heteroatoms. The van der Waals surface area contributed by atoms with Crippen LogP contribution in [-0.2, 0) is 29.2 Å². The third kappa shape index (κ3) is 3.87. The molecule has 2 aliphatic heterocycles. The second-order valence-electron chi connectivity index (χ2n) is 7.72. The van der Waals surface area contributed by atoms with Gasteiger partial charge < -0.3 is 14.8 Å². The van der Waals surface area contributed by atoms with E-state index in [1.54, 1.807) is 20.9 Å². The van der Waals surface area contributed by atoms with Gasteiger partial charge in [0.15, 0.2) is 15.8 Å². The van der Waals surface area contributed by atoms with Gasteiger partial charge in [0.2, 0.25) is 0 Å². The zero-order valence-electron chi connectivity index (χ0n) is 16.0. The van der Waals surface area contributed by atoms with E-state index >= 15 is 0 Å². The summed E-state index contributed by atoms with van der Waals surface area (Å²) in [5.74, 6) is 3.04. The molecule has 0 aliphatic carbocycles. The Morgan fingerprint density at radius 1 is 1.23 bits per heavy atom. The summed E-state index contributed by atoms with van der Waals surface area (Å²) >= 11 is 0. The summed E-state index contributed by atoms with van der Waals surface area (Å²) in [6.07, 6.45) is 5.42. The fourth-order valence-electron chi connectivity index (χ4n) is 3.67. The number of aromatic nitrogens is 3. The second kappa shape index (κ2) is 7.54. The summed E-state index contributed by atoms with van der Waals surface area (Å²) < 4.78 is 25.9. The smallest absolute Gasteiger partial charge is 0.193 e. The van der Waals surface area contributed by atoms with Crippen LogP contribution in [0.1, 0.15) is 44.8 Å². The van der Waals surface area contributed by atoms with Crippen LogP contribution in [0.3, 0.4) is 0 Å². The number of aliphatic imine (C=N–C) groups is 1. The molecule has 146 valence electrons. The number of nitrogens with one attached hydrogen (secondary N) is 1. The maximum Gasteiger partial charge on any atom is 0.193 e. The maximum absolute atomic E-state index is 12.2. The summed E-state index contributed by atoms with van der Waals surface area (Å²) in [6, 6.07) is 0. The van der Waals surface area contributed by atoms with Gasteiger partial charge in [-0.25, -0.2) is 8.42 Å². The van der Waals surface area contributed by atoms with E-state index in [1.165, 1.54) is 19.3 Å². The molecular weight excluding hydrogens is 352 g/mol. The largest absolute Gasteiger partial charge is 0.356 e. The molecule has 3 heterocycles. The number of sulfone groups is 1. The van der Waals surface area contributed by atoms with Crippen molar-refractivity contribution in [2.75, 3.05) is 32.4 Å². The Kier molecular flexibility index (Phi) is 5.55. The number of nitrogens with zero attached hydrogens (tertiary/aromatic N) is 5. The highest BCUT2D eigenvalue weighted by Crippen LogP contribution is 2.23. The average Bonchev–Trinajstić information content (AvgIpc) is 2.81. The highest BCUT2D eigenvalue weighted by atomic mass is 32.2. The average molecular weight is 383 g/mol. The van der Waals surface area contributed by atoms with E-state index in [2.05, 4.69) is 25.1 Å². The van der Waals surface area contributed by atoms with E-state index in [4.69, 9.17) is 0 Å². The molecule has 1 N–H and O–H groups in total. The quantitative estimate of drug-likeness (QED) is 0.609. The normalized spacial score (nSPS) is 22.6. The molecule has 0 bridgehead atoms. The topological polar surface area (TPSA) is 92.5 Å². The molecule has 3 rings (SSSR count). The van der Waals surface area contributed by atoms with Crippen molar-refractivity contribution in [3.8, 4) is 0 Å². The Bertz CT molecular complexity index is 768. The van der Waals surface area contributed by atoms with Crippen LogP contribution in [0.4, 0.5) is 0 Å². The van der Waals surface area contributed by atoms with E-state index in [1.807, 2.05) is 4.90 Å². The predicted molar refractivity (Wildman–Crippen MR) is 102 cm³/mol. The lowest BCUT2D eigenvalue weighted by molar-refractivity contribution is 0.353. The monoisotopic (exact) mass is 382 g/mol. The number of aryl methyl sites for hydroxylation is 1. The highest BCUT2D eigenvalue weighted by Gasteiger charge is 2.40. The van der Waals surface area contributed by atoms with Crippen LogP contribution in [0.2, 0.25) is 0 Å². The lowest BCUT2D eigenvalue weighted by Crippen LogP contribution is -2.57. The Morgan fingerprint density at radius 2 is 2.04 bits per heavy atom. The molecule has 0 saturated carbocycles. The number of hydrogen-bond donors (Lipinski definition) is 1. The number of rotatable bonds is 3. The van der Waals surface area contributed by atoms with Gasteiger partial charge in [0.05, 0.1) is 10.5 Å². The molecule has 1 saturated heterocycles. The van der Waals surface area contributed by atoms with Crippen molar-refractivity contribution in [1.29, 1.82) is 0 Å². The first-order valence-electron chi connectivity index (χ1n) is 9.43. The van der Waals surface area contributed by atoms with Gasteiger partial charge in [-0.2, -0.15) is 0 Å². The molecule has 0 unspecified atom stereocenters. The lowest BCUT2D eigenvalue weighted by atomic mass is 10.2. The maximum atomic E-state index is 12.2. The summed E-state index contributed by atoms with van der Waals surface area (Å²) in [7, 11) is -1.31. The first-order chi connectivity index (χ1) is 12.3. The van der Waals surface area contributed by atoms with Gasteiger partial charge in [-0.15, -0.1) is 10.2 Å². The van der Waals surface area contributed by atoms with Crippen LogP contribution in [0.5, 0.6) is 0 Å². The van der Waals surface area contributed by atoms with Crippen LogP contribution >= 0.6 is 0 Å². The standard InChI is InChI=1S/C17H30N6O2S/c1-17(2)13-22(11-12-26(17,24)25)16(18-3)19-9-8-15-21-20-14-7-5-4-6-10-23(14)15/h4-13H2,1-3H3,(H,18,19). The number of guanidine groups is 1. The van der Waals surface area contributed by atoms with Crippen molar-refractivity contribution in [2.45, 2.75) is 57.2 Å². The van der Waals surface area contributed by atoms with Gasteiger partial charge in [-0.05, 0) is 26.7 Å². The van der Waals surface area contributed by atoms with Crippen molar-refractivity contribution in [2.24, 2.45) is 4.99 Å². The summed E-state index contributed by atoms with van der Waals surface area (Å²) in [5.41, 5.74) is 0. The van der Waals surface area contributed by atoms with Crippen LogP contribution in [0.15, 0.2) is 4.99 Å². The van der Waals surface area contributed by atoms with Crippen LogP contribution < -0.4 is 5.32 Å². The Balaban J connectivity index is 1.58. The van der Waals surface area contributed by atoms with E-state index in [0.717, 1.165) is 37.0 Å². The highest BCUT2D eigenvalue weighted by molar-refractivity contribution is 7.92. The Morgan fingerprint density at radius 3 is 2.77 bits per heavy atom. The fraction of sp³-hybridized carbons (Fsp3) is 0.824. The lowest BCUT2D eigenvalue weighted by Gasteiger charge is -2.39. The molecule has 0 radical (unpaired) electrons. The molecular formula is C17H30N6O2S.